The Kier molecular flexibility index (Phi) is 2.88. The molecule has 0 atom stereocenters. The summed E-state index contributed by atoms with van der Waals surface area (Å²) in [4.78, 5) is 0. The lowest BCUT2D eigenvalue weighted by atomic mass is 10.3. The minimum atomic E-state index is -5.70. The van der Waals surface area contributed by atoms with Crippen LogP contribution in [0.1, 0.15) is 0 Å². The average Bonchev–Trinajstić information content (AvgIpc) is 2.03. The van der Waals surface area contributed by atoms with Crippen LogP contribution in [0.15, 0.2) is 30.3 Å². The van der Waals surface area contributed by atoms with Gasteiger partial charge in [0.2, 0.25) is 0 Å². The van der Waals surface area contributed by atoms with Crippen molar-refractivity contribution in [2.75, 3.05) is 0 Å². The van der Waals surface area contributed by atoms with Gasteiger partial charge in [0, 0.05) is 12.1 Å². The molecule has 0 saturated carbocycles. The number of rotatable bonds is 3. The van der Waals surface area contributed by atoms with Crippen LogP contribution in [-0.2, 0) is 18.3 Å². The van der Waals surface area contributed by atoms with Gasteiger partial charge >= 0.3 is 18.3 Å². The zero-order valence-corrected chi connectivity index (χ0v) is 8.29. The molecule has 1 rings (SSSR count). The lowest BCUT2D eigenvalue weighted by Gasteiger charge is -1.84. The van der Waals surface area contributed by atoms with Crippen LogP contribution in [0.3, 0.4) is 0 Å². The molecule has 76 valence electrons. The van der Waals surface area contributed by atoms with Gasteiger partial charge in [-0.2, -0.15) is 8.42 Å². The molecule has 14 heavy (non-hydrogen) atoms. The number of hydrogen-bond donors (Lipinski definition) is 0. The molecule has 0 aromatic heterocycles. The molecule has 5 nitrogen and oxygen atoms in total. The van der Waals surface area contributed by atoms with Crippen LogP contribution in [-0.4, -0.2) is 16.8 Å². The second-order valence-electron chi connectivity index (χ2n) is 2.25. The van der Waals surface area contributed by atoms with Crippen molar-refractivity contribution in [1.29, 1.82) is 0 Å². The van der Waals surface area contributed by atoms with Crippen LogP contribution in [0, 0.1) is 0 Å². The van der Waals surface area contributed by atoms with E-state index >= 15 is 0 Å². The largest absolute Gasteiger partial charge is 0.545 e. The first-order chi connectivity index (χ1) is 6.33. The van der Waals surface area contributed by atoms with Gasteiger partial charge in [0.15, 0.2) is 0 Å². The van der Waals surface area contributed by atoms with Crippen molar-refractivity contribution in [3.8, 4) is 0 Å². The summed E-state index contributed by atoms with van der Waals surface area (Å²) in [7, 11) is -10.8. The second-order valence-corrected chi connectivity index (χ2v) is 6.53. The Labute approximate surface area is 80.2 Å². The van der Waals surface area contributed by atoms with Gasteiger partial charge in [-0.05, 0) is 0 Å². The van der Waals surface area contributed by atoms with E-state index in [4.69, 9.17) is 0 Å². The minimum absolute atomic E-state index is 0.145. The molecule has 0 aliphatic carbocycles. The number of halogens is 1. The first kappa shape index (κ1) is 11.1. The third-order valence-corrected chi connectivity index (χ3v) is 3.90. The maximum atomic E-state index is 12.1. The summed E-state index contributed by atoms with van der Waals surface area (Å²) >= 11 is 0. The van der Waals surface area contributed by atoms with Crippen LogP contribution in [0.25, 0.3) is 0 Å². The Morgan fingerprint density at radius 1 is 1.00 bits per heavy atom. The zero-order valence-electron chi connectivity index (χ0n) is 6.66. The smallest absolute Gasteiger partial charge is 0.171 e. The van der Waals surface area contributed by atoms with Crippen LogP contribution in [0.2, 0.25) is 0 Å². The predicted molar refractivity (Wildman–Crippen MR) is 47.2 cm³/mol. The van der Waals surface area contributed by atoms with E-state index in [1.807, 2.05) is 0 Å². The van der Waals surface area contributed by atoms with Gasteiger partial charge in [0.05, 0.1) is 0 Å². The highest BCUT2D eigenvalue weighted by Crippen LogP contribution is 2.12. The predicted octanol–water partition coefficient (Wildman–Crippen LogP) is 0.467. The van der Waals surface area contributed by atoms with E-state index in [0.29, 0.717) is 0 Å². The van der Waals surface area contributed by atoms with Crippen LogP contribution in [0.4, 0.5) is 9.57 Å². The molecule has 0 aliphatic rings. The highest BCUT2D eigenvalue weighted by atomic mass is 33.2. The second kappa shape index (κ2) is 3.64. The summed E-state index contributed by atoms with van der Waals surface area (Å²) in [6.45, 7) is 0. The molecule has 0 bridgehead atoms. The summed E-state index contributed by atoms with van der Waals surface area (Å²) in [6.07, 6.45) is 0. The molecule has 0 N–H and O–H groups in total. The SMILES string of the molecule is O=S(=O)(F)S(=O)(=O)[N+]c1ccccc1. The zero-order chi connectivity index (χ0) is 10.8. The minimum Gasteiger partial charge on any atom is -0.171 e. The van der Waals surface area contributed by atoms with Crippen molar-refractivity contribution in [3.05, 3.63) is 30.3 Å². The van der Waals surface area contributed by atoms with Crippen molar-refractivity contribution < 1.29 is 20.7 Å². The molecule has 0 fully saturated rings. The van der Waals surface area contributed by atoms with E-state index in [0.717, 1.165) is 0 Å². The van der Waals surface area contributed by atoms with E-state index in [2.05, 4.69) is 4.72 Å². The fraction of sp³-hybridized carbons (Fsp3) is 0. The Morgan fingerprint density at radius 3 is 1.93 bits per heavy atom. The van der Waals surface area contributed by atoms with Crippen LogP contribution < -0.4 is 4.72 Å². The third kappa shape index (κ3) is 2.50. The van der Waals surface area contributed by atoms with Gasteiger partial charge in [-0.3, -0.25) is 0 Å². The normalized spacial score (nSPS) is 12.6. The van der Waals surface area contributed by atoms with Gasteiger partial charge in [-0.1, -0.05) is 22.1 Å². The molecule has 1 aromatic rings. The fourth-order valence-electron chi connectivity index (χ4n) is 0.662. The maximum absolute atomic E-state index is 12.1. The van der Waals surface area contributed by atoms with Gasteiger partial charge in [0.1, 0.15) is 0 Å². The molecule has 0 amide bonds. The van der Waals surface area contributed by atoms with Crippen molar-refractivity contribution in [1.82, 2.24) is 4.72 Å². The van der Waals surface area contributed by atoms with Gasteiger partial charge < -0.3 is 0 Å². The van der Waals surface area contributed by atoms with Crippen molar-refractivity contribution in [2.24, 2.45) is 0 Å². The Bertz CT molecular complexity index is 508. The topological polar surface area (TPSA) is 82.4 Å². The van der Waals surface area contributed by atoms with Gasteiger partial charge in [0.25, 0.3) is 10.4 Å². The fourth-order valence-corrected chi connectivity index (χ4v) is 1.66. The molecule has 0 spiro atoms. The van der Waals surface area contributed by atoms with Crippen LogP contribution in [0.5, 0.6) is 0 Å². The molecular formula is C6H5FNO4S2+. The highest BCUT2D eigenvalue weighted by Gasteiger charge is 2.44. The molecule has 2 radical (unpaired) electrons. The highest BCUT2D eigenvalue weighted by molar-refractivity contribution is 8.64. The summed E-state index contributed by atoms with van der Waals surface area (Å²) in [5.74, 6) is 0. The monoisotopic (exact) mass is 238 g/mol. The Morgan fingerprint density at radius 2 is 1.50 bits per heavy atom. The van der Waals surface area contributed by atoms with E-state index in [1.54, 1.807) is 6.07 Å². The number of hydrogen-bond acceptors (Lipinski definition) is 4. The summed E-state index contributed by atoms with van der Waals surface area (Å²) in [5, 5.41) is 0. The first-order valence-corrected chi connectivity index (χ1v) is 6.64. The van der Waals surface area contributed by atoms with Crippen molar-refractivity contribution in [3.63, 3.8) is 0 Å². The molecule has 0 aliphatic heterocycles. The molecule has 0 saturated heterocycles. The maximum Gasteiger partial charge on any atom is 0.545 e. The van der Waals surface area contributed by atoms with Gasteiger partial charge in [-0.25, -0.2) is 0 Å². The first-order valence-electron chi connectivity index (χ1n) is 3.30. The summed E-state index contributed by atoms with van der Waals surface area (Å²) in [6, 6.07) is 6.94. The molecule has 0 heterocycles. The van der Waals surface area contributed by atoms with Crippen molar-refractivity contribution >= 4 is 24.0 Å². The standard InChI is InChI=1S/C6H5FNO4S2/c7-13(9,10)14(11,12)8-6-4-2-1-3-5-6/h1-5H/q+1. The van der Waals surface area contributed by atoms with E-state index in [9.17, 15) is 20.7 Å². The number of benzene rings is 1. The number of nitrogens with zero attached hydrogens (tertiary/aromatic N) is 1. The molecule has 0 unspecified atom stereocenters. The molecular weight excluding hydrogens is 233 g/mol. The van der Waals surface area contributed by atoms with Crippen LogP contribution >= 0.6 is 0 Å². The van der Waals surface area contributed by atoms with E-state index in [-0.39, 0.29) is 5.69 Å². The Balaban J connectivity index is 3.03. The van der Waals surface area contributed by atoms with E-state index < -0.39 is 18.3 Å². The molecule has 1 aromatic carbocycles. The average molecular weight is 238 g/mol. The summed E-state index contributed by atoms with van der Waals surface area (Å²) < 4.78 is 56.5. The Hall–Kier alpha value is -0.990. The lowest BCUT2D eigenvalue weighted by molar-refractivity contribution is 0.550. The third-order valence-electron chi connectivity index (χ3n) is 1.22. The lowest BCUT2D eigenvalue weighted by Crippen LogP contribution is -2.18. The quantitative estimate of drug-likeness (QED) is 0.566. The summed E-state index contributed by atoms with van der Waals surface area (Å²) in [5.41, 5.74) is -0.145. The van der Waals surface area contributed by atoms with Crippen molar-refractivity contribution in [2.45, 2.75) is 0 Å². The van der Waals surface area contributed by atoms with Gasteiger partial charge in [-0.15, -0.1) is 8.42 Å². The van der Waals surface area contributed by atoms with E-state index in [1.165, 1.54) is 24.3 Å². The molecule has 8 heteroatoms.